The highest BCUT2D eigenvalue weighted by Crippen LogP contribution is 2.15. The van der Waals surface area contributed by atoms with Crippen LogP contribution in [0.25, 0.3) is 5.65 Å². The van der Waals surface area contributed by atoms with E-state index in [1.54, 1.807) is 18.3 Å². The van der Waals surface area contributed by atoms with Gasteiger partial charge in [-0.15, -0.1) is 0 Å². The van der Waals surface area contributed by atoms with E-state index in [1.165, 1.54) is 10.5 Å². The summed E-state index contributed by atoms with van der Waals surface area (Å²) in [5.41, 5.74) is 0.480. The van der Waals surface area contributed by atoms with E-state index in [0.717, 1.165) is 6.42 Å². The molecule has 0 bridgehead atoms. The fourth-order valence-corrected chi connectivity index (χ4v) is 2.61. The van der Waals surface area contributed by atoms with Gasteiger partial charge >= 0.3 is 0 Å². The van der Waals surface area contributed by atoms with Crippen LogP contribution in [-0.2, 0) is 6.54 Å². The van der Waals surface area contributed by atoms with E-state index in [1.807, 2.05) is 13.0 Å². The zero-order valence-corrected chi connectivity index (χ0v) is 12.8. The van der Waals surface area contributed by atoms with Crippen LogP contribution in [0.2, 0.25) is 0 Å². The van der Waals surface area contributed by atoms with Gasteiger partial charge in [0.15, 0.2) is 0 Å². The van der Waals surface area contributed by atoms with Crippen molar-refractivity contribution in [1.29, 1.82) is 0 Å². The first-order valence-electron chi connectivity index (χ1n) is 7.28. The lowest BCUT2D eigenvalue weighted by Crippen LogP contribution is -2.38. The smallest absolute Gasteiger partial charge is 0.258 e. The first kappa shape index (κ1) is 15.7. The third-order valence-electron chi connectivity index (χ3n) is 3.28. The number of nitrogens with zero attached hydrogens (tertiary/aromatic N) is 2. The van der Waals surface area contributed by atoms with Gasteiger partial charge in [0.1, 0.15) is 5.65 Å². The quantitative estimate of drug-likeness (QED) is 0.847. The third-order valence-corrected chi connectivity index (χ3v) is 3.28. The topological polar surface area (TPSA) is 66.6 Å². The molecule has 0 saturated heterocycles. The minimum absolute atomic E-state index is 0.0914. The molecule has 0 spiro atoms. The molecule has 2 aromatic rings. The number of hydrogen-bond donors (Lipinski definition) is 2. The highest BCUT2D eigenvalue weighted by molar-refractivity contribution is 5.37. The van der Waals surface area contributed by atoms with E-state index in [9.17, 15) is 9.90 Å². The van der Waals surface area contributed by atoms with Crippen molar-refractivity contribution in [1.82, 2.24) is 14.7 Å². The van der Waals surface area contributed by atoms with Gasteiger partial charge in [-0.1, -0.05) is 19.9 Å². The first-order chi connectivity index (χ1) is 9.87. The van der Waals surface area contributed by atoms with Crippen LogP contribution in [0.4, 0.5) is 0 Å². The van der Waals surface area contributed by atoms with Crippen molar-refractivity contribution in [2.45, 2.75) is 39.3 Å². The maximum atomic E-state index is 12.0. The van der Waals surface area contributed by atoms with Crippen molar-refractivity contribution in [3.05, 3.63) is 46.5 Å². The molecule has 5 heteroatoms. The first-order valence-corrected chi connectivity index (χ1v) is 7.28. The molecule has 21 heavy (non-hydrogen) atoms. The normalized spacial score (nSPS) is 14.5. The standard InChI is InChI=1S/C16H23N3O2/c1-12(2)9-16(3,21)11-17-10-13-8-15(20)19-7-5-4-6-14(19)18-13/h4-8,12,17,21H,9-11H2,1-3H3. The number of aromatic nitrogens is 2. The molecule has 2 N–H and O–H groups in total. The van der Waals surface area contributed by atoms with Crippen LogP contribution in [0.5, 0.6) is 0 Å². The Hall–Kier alpha value is -1.72. The molecule has 0 aliphatic carbocycles. The Balaban J connectivity index is 2.03. The molecular formula is C16H23N3O2. The molecule has 2 heterocycles. The Morgan fingerprint density at radius 2 is 2.19 bits per heavy atom. The van der Waals surface area contributed by atoms with Crippen LogP contribution in [-0.4, -0.2) is 26.6 Å². The minimum Gasteiger partial charge on any atom is -0.389 e. The molecule has 1 unspecified atom stereocenters. The second-order valence-electron chi connectivity index (χ2n) is 6.21. The largest absolute Gasteiger partial charge is 0.389 e. The maximum Gasteiger partial charge on any atom is 0.258 e. The molecule has 0 saturated carbocycles. The van der Waals surface area contributed by atoms with Crippen LogP contribution in [0.1, 0.15) is 32.9 Å². The van der Waals surface area contributed by atoms with Gasteiger partial charge in [0.05, 0.1) is 11.3 Å². The van der Waals surface area contributed by atoms with Gasteiger partial charge in [-0.05, 0) is 31.4 Å². The number of hydrogen-bond acceptors (Lipinski definition) is 4. The summed E-state index contributed by atoms with van der Waals surface area (Å²) in [5.74, 6) is 0.435. The number of nitrogens with one attached hydrogen (secondary N) is 1. The van der Waals surface area contributed by atoms with E-state index in [2.05, 4.69) is 24.1 Å². The predicted molar refractivity (Wildman–Crippen MR) is 83.2 cm³/mol. The molecule has 0 aromatic carbocycles. The molecule has 0 radical (unpaired) electrons. The number of rotatable bonds is 6. The molecular weight excluding hydrogens is 266 g/mol. The second-order valence-corrected chi connectivity index (χ2v) is 6.21. The Morgan fingerprint density at radius 1 is 1.43 bits per heavy atom. The monoisotopic (exact) mass is 289 g/mol. The van der Waals surface area contributed by atoms with E-state index < -0.39 is 5.60 Å². The number of aliphatic hydroxyl groups is 1. The van der Waals surface area contributed by atoms with Crippen LogP contribution in [0, 0.1) is 5.92 Å². The van der Waals surface area contributed by atoms with Gasteiger partial charge in [-0.2, -0.15) is 0 Å². The lowest BCUT2D eigenvalue weighted by Gasteiger charge is -2.25. The molecule has 0 aliphatic rings. The zero-order chi connectivity index (χ0) is 15.5. The summed E-state index contributed by atoms with van der Waals surface area (Å²) >= 11 is 0. The minimum atomic E-state index is -0.750. The summed E-state index contributed by atoms with van der Waals surface area (Å²) in [4.78, 5) is 16.4. The molecule has 0 aliphatic heterocycles. The molecule has 0 fully saturated rings. The summed E-state index contributed by atoms with van der Waals surface area (Å²) in [6.45, 7) is 6.93. The Bertz CT molecular complexity index is 662. The highest BCUT2D eigenvalue weighted by atomic mass is 16.3. The fraction of sp³-hybridized carbons (Fsp3) is 0.500. The summed E-state index contributed by atoms with van der Waals surface area (Å²) in [6.07, 6.45) is 2.43. The molecule has 2 aromatic heterocycles. The van der Waals surface area contributed by atoms with E-state index in [0.29, 0.717) is 30.3 Å². The van der Waals surface area contributed by atoms with Gasteiger partial charge in [-0.25, -0.2) is 4.98 Å². The van der Waals surface area contributed by atoms with Gasteiger partial charge in [0, 0.05) is 25.4 Å². The average Bonchev–Trinajstić information content (AvgIpc) is 2.37. The van der Waals surface area contributed by atoms with Gasteiger partial charge < -0.3 is 10.4 Å². The van der Waals surface area contributed by atoms with Gasteiger partial charge in [0.2, 0.25) is 0 Å². The Kier molecular flexibility index (Phi) is 4.75. The van der Waals surface area contributed by atoms with Crippen LogP contribution >= 0.6 is 0 Å². The van der Waals surface area contributed by atoms with E-state index in [4.69, 9.17) is 0 Å². The van der Waals surface area contributed by atoms with Crippen LogP contribution in [0.3, 0.4) is 0 Å². The Morgan fingerprint density at radius 3 is 2.90 bits per heavy atom. The summed E-state index contributed by atoms with van der Waals surface area (Å²) < 4.78 is 1.51. The number of fused-ring (bicyclic) bond motifs is 1. The number of pyridine rings is 1. The summed E-state index contributed by atoms with van der Waals surface area (Å²) in [7, 11) is 0. The summed E-state index contributed by atoms with van der Waals surface area (Å²) in [5, 5.41) is 13.4. The van der Waals surface area contributed by atoms with E-state index >= 15 is 0 Å². The molecule has 114 valence electrons. The molecule has 0 amide bonds. The predicted octanol–water partition coefficient (Wildman–Crippen LogP) is 1.58. The third kappa shape index (κ3) is 4.37. The lowest BCUT2D eigenvalue weighted by molar-refractivity contribution is 0.0383. The zero-order valence-electron chi connectivity index (χ0n) is 12.8. The van der Waals surface area contributed by atoms with Gasteiger partial charge in [-0.3, -0.25) is 9.20 Å². The Labute approximate surface area is 124 Å². The van der Waals surface area contributed by atoms with Crippen molar-refractivity contribution in [3.63, 3.8) is 0 Å². The van der Waals surface area contributed by atoms with Crippen LogP contribution < -0.4 is 10.9 Å². The van der Waals surface area contributed by atoms with Crippen molar-refractivity contribution in [2.24, 2.45) is 5.92 Å². The fourth-order valence-electron chi connectivity index (χ4n) is 2.61. The van der Waals surface area contributed by atoms with Crippen molar-refractivity contribution < 1.29 is 5.11 Å². The lowest BCUT2D eigenvalue weighted by atomic mass is 9.94. The molecule has 1 atom stereocenters. The average molecular weight is 289 g/mol. The summed E-state index contributed by atoms with van der Waals surface area (Å²) in [6, 6.07) is 6.99. The highest BCUT2D eigenvalue weighted by Gasteiger charge is 2.21. The van der Waals surface area contributed by atoms with Crippen molar-refractivity contribution in [3.8, 4) is 0 Å². The van der Waals surface area contributed by atoms with Crippen molar-refractivity contribution >= 4 is 5.65 Å². The SMILES string of the molecule is CC(C)CC(C)(O)CNCc1cc(=O)n2ccccc2n1. The van der Waals surface area contributed by atoms with E-state index in [-0.39, 0.29) is 5.56 Å². The van der Waals surface area contributed by atoms with Crippen molar-refractivity contribution in [2.75, 3.05) is 6.54 Å². The maximum absolute atomic E-state index is 12.0. The van der Waals surface area contributed by atoms with Crippen LogP contribution in [0.15, 0.2) is 35.3 Å². The molecule has 5 nitrogen and oxygen atoms in total. The van der Waals surface area contributed by atoms with Gasteiger partial charge in [0.25, 0.3) is 5.56 Å². The second kappa shape index (κ2) is 6.37. The molecule has 2 rings (SSSR count).